The Hall–Kier alpha value is -1.82. The van der Waals surface area contributed by atoms with Crippen molar-refractivity contribution in [2.24, 2.45) is 0 Å². The molecule has 114 valence electrons. The lowest BCUT2D eigenvalue weighted by Crippen LogP contribution is -2.34. The highest BCUT2D eigenvalue weighted by molar-refractivity contribution is 6.31. The van der Waals surface area contributed by atoms with E-state index in [1.54, 1.807) is 17.1 Å². The number of halogens is 1. The highest BCUT2D eigenvalue weighted by Crippen LogP contribution is 2.18. The summed E-state index contributed by atoms with van der Waals surface area (Å²) >= 11 is 6.10. The maximum absolute atomic E-state index is 12.2. The average molecular weight is 310 g/mol. The van der Waals surface area contributed by atoms with Crippen LogP contribution in [0.3, 0.4) is 0 Å². The summed E-state index contributed by atoms with van der Waals surface area (Å²) in [5, 5.41) is 12.1. The molecule has 1 amide bonds. The molecule has 0 saturated carbocycles. The second-order valence-corrected chi connectivity index (χ2v) is 5.29. The molecule has 0 bridgehead atoms. The summed E-state index contributed by atoms with van der Waals surface area (Å²) in [5.41, 5.74) is 1.73. The summed E-state index contributed by atoms with van der Waals surface area (Å²) in [4.78, 5) is 12.2. The van der Waals surface area contributed by atoms with Crippen LogP contribution < -0.4 is 5.32 Å². The van der Waals surface area contributed by atoms with Crippen molar-refractivity contribution in [1.29, 1.82) is 0 Å². The monoisotopic (exact) mass is 309 g/mol. The maximum atomic E-state index is 12.2. The molecule has 0 aromatic carbocycles. The molecule has 0 aliphatic carbocycles. The fourth-order valence-corrected chi connectivity index (χ4v) is 2.39. The number of amides is 1. The molecule has 0 aliphatic heterocycles. The molecule has 0 aliphatic rings. The Labute approximate surface area is 129 Å². The summed E-state index contributed by atoms with van der Waals surface area (Å²) in [5.74, 6) is -0.0335. The van der Waals surface area contributed by atoms with Gasteiger partial charge in [0.2, 0.25) is 5.91 Å². The van der Waals surface area contributed by atoms with Crippen LogP contribution in [0.1, 0.15) is 30.8 Å². The molecule has 2 aromatic heterocycles. The van der Waals surface area contributed by atoms with Crippen LogP contribution in [0.15, 0.2) is 18.5 Å². The number of aromatic nitrogens is 4. The molecule has 0 saturated heterocycles. The van der Waals surface area contributed by atoms with E-state index in [-0.39, 0.29) is 11.9 Å². The van der Waals surface area contributed by atoms with Crippen molar-refractivity contribution in [1.82, 2.24) is 24.9 Å². The van der Waals surface area contributed by atoms with Crippen molar-refractivity contribution in [3.63, 3.8) is 0 Å². The zero-order chi connectivity index (χ0) is 15.4. The summed E-state index contributed by atoms with van der Waals surface area (Å²) in [7, 11) is 0. The molecule has 2 rings (SSSR count). The quantitative estimate of drug-likeness (QED) is 0.889. The molecular formula is C14H20ClN5O. The third kappa shape index (κ3) is 3.44. The van der Waals surface area contributed by atoms with E-state index in [1.165, 1.54) is 0 Å². The van der Waals surface area contributed by atoms with E-state index in [0.29, 0.717) is 24.5 Å². The van der Waals surface area contributed by atoms with Gasteiger partial charge in [0.1, 0.15) is 6.04 Å². The van der Waals surface area contributed by atoms with Crippen LogP contribution in [0.2, 0.25) is 5.02 Å². The summed E-state index contributed by atoms with van der Waals surface area (Å²) in [6.45, 7) is 6.86. The lowest BCUT2D eigenvalue weighted by atomic mass is 10.2. The van der Waals surface area contributed by atoms with Crippen molar-refractivity contribution < 1.29 is 4.79 Å². The zero-order valence-corrected chi connectivity index (χ0v) is 13.3. The Bertz CT molecular complexity index is 605. The average Bonchev–Trinajstić information content (AvgIpc) is 3.06. The lowest BCUT2D eigenvalue weighted by Gasteiger charge is -2.15. The van der Waals surface area contributed by atoms with E-state index in [2.05, 4.69) is 15.5 Å². The van der Waals surface area contributed by atoms with Crippen LogP contribution in [-0.4, -0.2) is 32.0 Å². The van der Waals surface area contributed by atoms with Gasteiger partial charge in [-0.3, -0.25) is 14.2 Å². The van der Waals surface area contributed by atoms with Gasteiger partial charge in [-0.2, -0.15) is 10.2 Å². The summed E-state index contributed by atoms with van der Waals surface area (Å²) in [6.07, 6.45) is 4.17. The minimum atomic E-state index is -0.274. The summed E-state index contributed by atoms with van der Waals surface area (Å²) < 4.78 is 3.49. The van der Waals surface area contributed by atoms with Crippen LogP contribution in [0, 0.1) is 13.8 Å². The fraction of sp³-hybridized carbons (Fsp3) is 0.500. The second-order valence-electron chi connectivity index (χ2n) is 4.91. The first-order chi connectivity index (χ1) is 10.0. The van der Waals surface area contributed by atoms with Crippen LogP contribution in [0.5, 0.6) is 0 Å². The van der Waals surface area contributed by atoms with Crippen molar-refractivity contribution >= 4 is 17.5 Å². The first-order valence-corrected chi connectivity index (χ1v) is 7.38. The molecule has 0 radical (unpaired) electrons. The van der Waals surface area contributed by atoms with Gasteiger partial charge in [-0.1, -0.05) is 18.5 Å². The van der Waals surface area contributed by atoms with E-state index in [1.807, 2.05) is 31.5 Å². The van der Waals surface area contributed by atoms with Crippen LogP contribution in [-0.2, 0) is 11.3 Å². The number of nitrogens with one attached hydrogen (secondary N) is 1. The first-order valence-electron chi connectivity index (χ1n) is 7.01. The fourth-order valence-electron chi connectivity index (χ4n) is 2.25. The van der Waals surface area contributed by atoms with Gasteiger partial charge in [0, 0.05) is 18.9 Å². The molecule has 0 fully saturated rings. The molecule has 2 heterocycles. The normalized spacial score (nSPS) is 12.4. The van der Waals surface area contributed by atoms with E-state index in [4.69, 9.17) is 11.6 Å². The Morgan fingerprint density at radius 1 is 1.48 bits per heavy atom. The molecule has 0 unspecified atom stereocenters. The number of nitrogens with zero attached hydrogens (tertiary/aromatic N) is 4. The van der Waals surface area contributed by atoms with Crippen LogP contribution in [0.25, 0.3) is 0 Å². The molecule has 6 nitrogen and oxygen atoms in total. The Morgan fingerprint density at radius 3 is 2.76 bits per heavy atom. The topological polar surface area (TPSA) is 64.7 Å². The van der Waals surface area contributed by atoms with Crippen molar-refractivity contribution in [3.05, 3.63) is 34.9 Å². The number of hydrogen-bond donors (Lipinski definition) is 1. The molecular weight excluding hydrogens is 290 g/mol. The standard InChI is InChI=1S/C14H20ClN5O/c1-4-12(20-8-5-6-17-20)14(21)16-7-9-19-11(3)13(15)10(2)18-19/h5-6,8,12H,4,7,9H2,1-3H3,(H,16,21)/t12-/m0/s1. The van der Waals surface area contributed by atoms with E-state index in [0.717, 1.165) is 11.4 Å². The largest absolute Gasteiger partial charge is 0.352 e. The number of rotatable bonds is 6. The van der Waals surface area contributed by atoms with E-state index < -0.39 is 0 Å². The number of aryl methyl sites for hydroxylation is 1. The Balaban J connectivity index is 1.90. The van der Waals surface area contributed by atoms with E-state index in [9.17, 15) is 4.79 Å². The minimum Gasteiger partial charge on any atom is -0.352 e. The predicted molar refractivity (Wildman–Crippen MR) is 81.3 cm³/mol. The van der Waals surface area contributed by atoms with Crippen LogP contribution in [0.4, 0.5) is 0 Å². The number of hydrogen-bond acceptors (Lipinski definition) is 3. The highest BCUT2D eigenvalue weighted by Gasteiger charge is 2.18. The number of carbonyl (C=O) groups is 1. The maximum Gasteiger partial charge on any atom is 0.244 e. The van der Waals surface area contributed by atoms with Gasteiger partial charge in [-0.05, 0) is 26.3 Å². The molecule has 1 atom stereocenters. The molecule has 2 aromatic rings. The smallest absolute Gasteiger partial charge is 0.244 e. The minimum absolute atomic E-state index is 0.0335. The lowest BCUT2D eigenvalue weighted by molar-refractivity contribution is -0.124. The summed E-state index contributed by atoms with van der Waals surface area (Å²) in [6, 6.07) is 1.54. The van der Waals surface area contributed by atoms with Crippen molar-refractivity contribution in [2.75, 3.05) is 6.54 Å². The molecule has 21 heavy (non-hydrogen) atoms. The Kier molecular flexibility index (Phi) is 5.01. The number of carbonyl (C=O) groups excluding carboxylic acids is 1. The van der Waals surface area contributed by atoms with Gasteiger partial charge < -0.3 is 5.32 Å². The van der Waals surface area contributed by atoms with Crippen molar-refractivity contribution in [2.45, 2.75) is 39.8 Å². The van der Waals surface area contributed by atoms with Crippen LogP contribution >= 0.6 is 11.6 Å². The van der Waals surface area contributed by atoms with Gasteiger partial charge in [0.15, 0.2) is 0 Å². The Morgan fingerprint density at radius 2 is 2.24 bits per heavy atom. The van der Waals surface area contributed by atoms with Gasteiger partial charge in [0.25, 0.3) is 0 Å². The molecule has 1 N–H and O–H groups in total. The van der Waals surface area contributed by atoms with Gasteiger partial charge in [-0.25, -0.2) is 0 Å². The third-order valence-electron chi connectivity index (χ3n) is 3.45. The highest BCUT2D eigenvalue weighted by atomic mass is 35.5. The first kappa shape index (κ1) is 15.6. The van der Waals surface area contributed by atoms with E-state index >= 15 is 0 Å². The van der Waals surface area contributed by atoms with Gasteiger partial charge in [0.05, 0.1) is 23.0 Å². The second kappa shape index (κ2) is 6.76. The third-order valence-corrected chi connectivity index (χ3v) is 4.00. The van der Waals surface area contributed by atoms with Gasteiger partial charge in [-0.15, -0.1) is 0 Å². The van der Waals surface area contributed by atoms with Crippen molar-refractivity contribution in [3.8, 4) is 0 Å². The van der Waals surface area contributed by atoms with Gasteiger partial charge >= 0.3 is 0 Å². The molecule has 0 spiro atoms. The predicted octanol–water partition coefficient (Wildman–Crippen LogP) is 2.12. The SMILES string of the molecule is CC[C@@H](C(=O)NCCn1nc(C)c(Cl)c1C)n1cccn1. The zero-order valence-electron chi connectivity index (χ0n) is 12.5. The molecule has 7 heteroatoms.